The van der Waals surface area contributed by atoms with E-state index in [4.69, 9.17) is 32.7 Å². The number of hydrogen-bond donors (Lipinski definition) is 2. The third-order valence-electron chi connectivity index (χ3n) is 4.23. The molecule has 2 N–H and O–H groups in total. The number of methoxy groups -OCH3 is 2. The molecule has 1 unspecified atom stereocenters. The highest BCUT2D eigenvalue weighted by atomic mass is 35.5. The lowest BCUT2D eigenvalue weighted by Gasteiger charge is -2.20. The van der Waals surface area contributed by atoms with E-state index in [9.17, 15) is 9.59 Å². The summed E-state index contributed by atoms with van der Waals surface area (Å²) in [4.78, 5) is 25.1. The second kappa shape index (κ2) is 10.8. The van der Waals surface area contributed by atoms with Gasteiger partial charge in [-0.15, -0.1) is 0 Å². The molecular weight excluding hydrogens is 429 g/mol. The van der Waals surface area contributed by atoms with Crippen LogP contribution in [0.3, 0.4) is 0 Å². The summed E-state index contributed by atoms with van der Waals surface area (Å²) < 4.78 is 10.6. The van der Waals surface area contributed by atoms with Gasteiger partial charge < -0.3 is 14.8 Å². The summed E-state index contributed by atoms with van der Waals surface area (Å²) in [6.07, 6.45) is 1.44. The maximum Gasteiger partial charge on any atom is 0.262 e. The quantitative estimate of drug-likeness (QED) is 0.470. The van der Waals surface area contributed by atoms with Crippen molar-refractivity contribution >= 4 is 41.2 Å². The Balaban J connectivity index is 2.10. The zero-order chi connectivity index (χ0) is 22.3. The molecule has 9 heteroatoms. The average molecular weight is 452 g/mol. The van der Waals surface area contributed by atoms with Crippen LogP contribution in [0, 0.1) is 5.92 Å². The van der Waals surface area contributed by atoms with Crippen LogP contribution < -0.4 is 20.2 Å². The molecule has 0 aliphatic heterocycles. The van der Waals surface area contributed by atoms with E-state index in [1.54, 1.807) is 18.2 Å². The largest absolute Gasteiger partial charge is 0.493 e. The lowest BCUT2D eigenvalue weighted by molar-refractivity contribution is -0.123. The summed E-state index contributed by atoms with van der Waals surface area (Å²) in [5, 5.41) is 7.28. The Kier molecular flexibility index (Phi) is 8.50. The topological polar surface area (TPSA) is 89.0 Å². The Hall–Kier alpha value is -2.77. The van der Waals surface area contributed by atoms with E-state index in [1.165, 1.54) is 38.6 Å². The zero-order valence-corrected chi connectivity index (χ0v) is 18.5. The maximum atomic E-state index is 12.6. The number of ether oxygens (including phenoxy) is 2. The molecule has 0 aromatic heterocycles. The molecule has 1 atom stereocenters. The smallest absolute Gasteiger partial charge is 0.262 e. The first-order valence-corrected chi connectivity index (χ1v) is 9.83. The van der Waals surface area contributed by atoms with Crippen LogP contribution in [0.5, 0.6) is 11.5 Å². The third-order valence-corrected chi connectivity index (χ3v) is 4.97. The first-order chi connectivity index (χ1) is 14.3. The van der Waals surface area contributed by atoms with Crippen molar-refractivity contribution in [2.24, 2.45) is 11.0 Å². The van der Waals surface area contributed by atoms with Crippen molar-refractivity contribution in [1.29, 1.82) is 0 Å². The Morgan fingerprint density at radius 2 is 1.80 bits per heavy atom. The number of benzene rings is 2. The normalized spacial score (nSPS) is 12.0. The highest BCUT2D eigenvalue weighted by Gasteiger charge is 2.24. The van der Waals surface area contributed by atoms with E-state index in [0.717, 1.165) is 0 Å². The molecule has 7 nitrogen and oxygen atoms in total. The van der Waals surface area contributed by atoms with Gasteiger partial charge in [-0.3, -0.25) is 9.59 Å². The van der Waals surface area contributed by atoms with Gasteiger partial charge in [0.2, 0.25) is 0 Å². The van der Waals surface area contributed by atoms with Crippen LogP contribution in [0.25, 0.3) is 0 Å². The van der Waals surface area contributed by atoms with Gasteiger partial charge in [0, 0.05) is 11.1 Å². The Labute approximate surface area is 185 Å². The fourth-order valence-corrected chi connectivity index (χ4v) is 2.94. The Morgan fingerprint density at radius 3 is 2.40 bits per heavy atom. The first kappa shape index (κ1) is 23.5. The molecule has 0 radical (unpaired) electrons. The van der Waals surface area contributed by atoms with Crippen molar-refractivity contribution in [1.82, 2.24) is 10.7 Å². The van der Waals surface area contributed by atoms with Crippen molar-refractivity contribution in [2.75, 3.05) is 14.2 Å². The Morgan fingerprint density at radius 1 is 1.07 bits per heavy atom. The van der Waals surface area contributed by atoms with Crippen molar-refractivity contribution in [3.8, 4) is 11.5 Å². The lowest BCUT2D eigenvalue weighted by atomic mass is 10.0. The molecule has 0 aliphatic carbocycles. The highest BCUT2D eigenvalue weighted by molar-refractivity contribution is 6.42. The molecule has 0 saturated carbocycles. The van der Waals surface area contributed by atoms with Crippen molar-refractivity contribution in [2.45, 2.75) is 19.9 Å². The van der Waals surface area contributed by atoms with Gasteiger partial charge in [0.1, 0.15) is 6.04 Å². The van der Waals surface area contributed by atoms with Gasteiger partial charge in [-0.25, -0.2) is 5.43 Å². The van der Waals surface area contributed by atoms with Crippen LogP contribution in [0.2, 0.25) is 10.0 Å². The molecule has 2 aromatic rings. The molecule has 160 valence electrons. The van der Waals surface area contributed by atoms with E-state index >= 15 is 0 Å². The number of rotatable bonds is 8. The minimum atomic E-state index is -0.809. The van der Waals surface area contributed by atoms with E-state index in [-0.39, 0.29) is 10.9 Å². The number of carbonyl (C=O) groups excluding carboxylic acids is 2. The van der Waals surface area contributed by atoms with Crippen LogP contribution in [-0.4, -0.2) is 38.3 Å². The molecule has 30 heavy (non-hydrogen) atoms. The highest BCUT2D eigenvalue weighted by Crippen LogP contribution is 2.29. The summed E-state index contributed by atoms with van der Waals surface area (Å²) in [7, 11) is 3.05. The second-order valence-corrected chi connectivity index (χ2v) is 7.46. The Bertz CT molecular complexity index is 948. The van der Waals surface area contributed by atoms with Crippen LogP contribution >= 0.6 is 23.2 Å². The molecule has 0 bridgehead atoms. The zero-order valence-electron chi connectivity index (χ0n) is 17.0. The fraction of sp³-hybridized carbons (Fsp3) is 0.286. The van der Waals surface area contributed by atoms with Gasteiger partial charge in [0.25, 0.3) is 11.8 Å². The molecule has 0 aliphatic rings. The van der Waals surface area contributed by atoms with E-state index < -0.39 is 17.9 Å². The van der Waals surface area contributed by atoms with Crippen molar-refractivity contribution in [3.63, 3.8) is 0 Å². The fourth-order valence-electron chi connectivity index (χ4n) is 2.65. The summed E-state index contributed by atoms with van der Waals surface area (Å²) >= 11 is 11.8. The van der Waals surface area contributed by atoms with E-state index in [1.807, 2.05) is 13.8 Å². The number of amides is 2. The average Bonchev–Trinajstić information content (AvgIpc) is 2.73. The van der Waals surface area contributed by atoms with Crippen LogP contribution in [0.1, 0.15) is 29.8 Å². The predicted molar refractivity (Wildman–Crippen MR) is 118 cm³/mol. The van der Waals surface area contributed by atoms with E-state index in [0.29, 0.717) is 27.6 Å². The summed E-state index contributed by atoms with van der Waals surface area (Å²) in [6.45, 7) is 3.63. The lowest BCUT2D eigenvalue weighted by Crippen LogP contribution is -2.48. The van der Waals surface area contributed by atoms with Crippen LogP contribution in [-0.2, 0) is 4.79 Å². The van der Waals surface area contributed by atoms with Gasteiger partial charge in [0.05, 0.1) is 30.5 Å². The molecule has 2 amide bonds. The molecule has 0 spiro atoms. The summed E-state index contributed by atoms with van der Waals surface area (Å²) in [5.74, 6) is -0.0521. The molecular formula is C21H23Cl2N3O4. The van der Waals surface area contributed by atoms with Gasteiger partial charge in [0.15, 0.2) is 11.5 Å². The van der Waals surface area contributed by atoms with Gasteiger partial charge in [-0.2, -0.15) is 5.10 Å². The van der Waals surface area contributed by atoms with Gasteiger partial charge in [-0.1, -0.05) is 43.1 Å². The minimum Gasteiger partial charge on any atom is -0.493 e. The number of halogens is 2. The summed E-state index contributed by atoms with van der Waals surface area (Å²) in [5.41, 5.74) is 3.37. The monoisotopic (exact) mass is 451 g/mol. The predicted octanol–water partition coefficient (Wildman–Crippen LogP) is 3.92. The standard InChI is InChI=1S/C21H23Cl2N3O4/c1-12(2)18(25-20(27)13-8-9-15(22)16(23)10-13)21(28)26-24-11-14-6-5-7-17(29-3)19(14)30-4/h5-12,18H,1-4H3,(H,25,27)(H,26,28)/b24-11-. The summed E-state index contributed by atoms with van der Waals surface area (Å²) in [6, 6.07) is 8.99. The number of hydrazone groups is 1. The van der Waals surface area contributed by atoms with E-state index in [2.05, 4.69) is 15.8 Å². The number of nitrogens with zero attached hydrogens (tertiary/aromatic N) is 1. The molecule has 2 rings (SSSR count). The minimum absolute atomic E-state index is 0.182. The number of nitrogens with one attached hydrogen (secondary N) is 2. The van der Waals surface area contributed by atoms with Gasteiger partial charge in [-0.05, 0) is 36.2 Å². The maximum absolute atomic E-state index is 12.6. The number of para-hydroxylation sites is 1. The first-order valence-electron chi connectivity index (χ1n) is 9.08. The van der Waals surface area contributed by atoms with Gasteiger partial charge >= 0.3 is 0 Å². The third kappa shape index (κ3) is 5.87. The second-order valence-electron chi connectivity index (χ2n) is 6.64. The number of hydrogen-bond acceptors (Lipinski definition) is 5. The molecule has 2 aromatic carbocycles. The van der Waals surface area contributed by atoms with Crippen molar-refractivity contribution in [3.05, 3.63) is 57.6 Å². The molecule has 0 fully saturated rings. The number of carbonyl (C=O) groups is 2. The van der Waals surface area contributed by atoms with Crippen LogP contribution in [0.4, 0.5) is 0 Å². The molecule has 0 saturated heterocycles. The SMILES string of the molecule is COc1cccc(/C=N\NC(=O)C(NC(=O)c2ccc(Cl)c(Cl)c2)C(C)C)c1OC. The molecule has 0 heterocycles. The van der Waals surface area contributed by atoms with Crippen LogP contribution in [0.15, 0.2) is 41.5 Å². The van der Waals surface area contributed by atoms with Crippen molar-refractivity contribution < 1.29 is 19.1 Å².